The Morgan fingerprint density at radius 2 is 2.05 bits per heavy atom. The number of nitrogens with zero attached hydrogens (tertiary/aromatic N) is 3. The molecule has 112 valence electrons. The van der Waals surface area contributed by atoms with E-state index in [4.69, 9.17) is 0 Å². The lowest BCUT2D eigenvalue weighted by Gasteiger charge is -2.30. The van der Waals surface area contributed by atoms with Crippen LogP contribution in [0.1, 0.15) is 23.9 Å². The molecule has 0 bridgehead atoms. The van der Waals surface area contributed by atoms with Crippen LogP contribution in [0.3, 0.4) is 0 Å². The second kappa shape index (κ2) is 6.26. The van der Waals surface area contributed by atoms with Crippen LogP contribution in [-0.4, -0.2) is 40.9 Å². The predicted octanol–water partition coefficient (Wildman–Crippen LogP) is 1.70. The van der Waals surface area contributed by atoms with Gasteiger partial charge in [0.1, 0.15) is 5.82 Å². The molecule has 0 amide bonds. The Bertz CT molecular complexity index is 575. The van der Waals surface area contributed by atoms with E-state index in [0.29, 0.717) is 6.04 Å². The first kappa shape index (κ1) is 14.1. The molecule has 2 aromatic rings. The average Bonchev–Trinajstić information content (AvgIpc) is 2.96. The highest BCUT2D eigenvalue weighted by Gasteiger charge is 2.19. The highest BCUT2D eigenvalue weighted by Crippen LogP contribution is 2.12. The highest BCUT2D eigenvalue weighted by atomic mass is 15.4. The first-order valence-electron chi connectivity index (χ1n) is 7.66. The maximum absolute atomic E-state index is 4.63. The minimum Gasteiger partial charge on any atom is -0.337 e. The van der Waals surface area contributed by atoms with Gasteiger partial charge in [-0.2, -0.15) is 4.98 Å². The Morgan fingerprint density at radius 3 is 2.81 bits per heavy atom. The average molecular weight is 285 g/mol. The van der Waals surface area contributed by atoms with Gasteiger partial charge in [0, 0.05) is 32.1 Å². The molecule has 1 aliphatic heterocycles. The lowest BCUT2D eigenvalue weighted by Crippen LogP contribution is -2.49. The molecular weight excluding hydrogens is 262 g/mol. The molecule has 2 N–H and O–H groups in total. The van der Waals surface area contributed by atoms with Crippen molar-refractivity contribution in [2.24, 2.45) is 0 Å². The molecule has 0 spiro atoms. The number of hydrogen-bond acceptors (Lipinski definition) is 4. The molecule has 21 heavy (non-hydrogen) atoms. The van der Waals surface area contributed by atoms with Gasteiger partial charge in [0.05, 0.1) is 0 Å². The zero-order valence-electron chi connectivity index (χ0n) is 12.8. The van der Waals surface area contributed by atoms with Crippen LogP contribution in [-0.2, 0) is 12.8 Å². The van der Waals surface area contributed by atoms with Crippen molar-refractivity contribution in [1.29, 1.82) is 0 Å². The molecule has 1 aromatic heterocycles. The summed E-state index contributed by atoms with van der Waals surface area (Å²) < 4.78 is 0. The zero-order chi connectivity index (χ0) is 14.7. The molecule has 1 fully saturated rings. The minimum atomic E-state index is 0.494. The summed E-state index contributed by atoms with van der Waals surface area (Å²) in [6.45, 7) is 7.24. The Labute approximate surface area is 125 Å². The van der Waals surface area contributed by atoms with Crippen molar-refractivity contribution in [1.82, 2.24) is 20.5 Å². The Kier molecular flexibility index (Phi) is 4.20. The van der Waals surface area contributed by atoms with E-state index in [-0.39, 0.29) is 0 Å². The molecule has 5 nitrogen and oxygen atoms in total. The van der Waals surface area contributed by atoms with Crippen molar-refractivity contribution in [2.45, 2.75) is 32.7 Å². The van der Waals surface area contributed by atoms with Gasteiger partial charge in [-0.1, -0.05) is 29.8 Å². The van der Waals surface area contributed by atoms with Crippen molar-refractivity contribution in [2.75, 3.05) is 24.5 Å². The fraction of sp³-hybridized carbons (Fsp3) is 0.500. The summed E-state index contributed by atoms with van der Waals surface area (Å²) in [5.74, 6) is 1.80. The molecule has 1 atom stereocenters. The van der Waals surface area contributed by atoms with Crippen LogP contribution < -0.4 is 10.2 Å². The third-order valence-corrected chi connectivity index (χ3v) is 3.94. The smallest absolute Gasteiger partial charge is 0.244 e. The first-order valence-corrected chi connectivity index (χ1v) is 7.66. The molecule has 5 heteroatoms. The molecule has 0 unspecified atom stereocenters. The van der Waals surface area contributed by atoms with Crippen molar-refractivity contribution >= 4 is 5.95 Å². The van der Waals surface area contributed by atoms with Gasteiger partial charge < -0.3 is 10.2 Å². The summed E-state index contributed by atoms with van der Waals surface area (Å²) in [7, 11) is 0. The number of aryl methyl sites for hydroxylation is 3. The lowest BCUT2D eigenvalue weighted by atomic mass is 10.1. The van der Waals surface area contributed by atoms with E-state index in [0.717, 1.165) is 44.2 Å². The molecule has 0 aliphatic carbocycles. The molecule has 0 saturated carbocycles. The van der Waals surface area contributed by atoms with E-state index in [2.05, 4.69) is 63.5 Å². The number of nitrogens with one attached hydrogen (secondary N) is 2. The topological polar surface area (TPSA) is 56.8 Å². The van der Waals surface area contributed by atoms with Crippen LogP contribution in [0.25, 0.3) is 0 Å². The van der Waals surface area contributed by atoms with Gasteiger partial charge in [-0.05, 0) is 25.8 Å². The zero-order valence-corrected chi connectivity index (χ0v) is 12.8. The van der Waals surface area contributed by atoms with Gasteiger partial charge in [-0.15, -0.1) is 5.10 Å². The predicted molar refractivity (Wildman–Crippen MR) is 84.6 cm³/mol. The second-order valence-corrected chi connectivity index (χ2v) is 5.87. The van der Waals surface area contributed by atoms with E-state index >= 15 is 0 Å². The van der Waals surface area contributed by atoms with Crippen LogP contribution in [0.15, 0.2) is 24.3 Å². The first-order chi connectivity index (χ1) is 10.2. The Hall–Kier alpha value is -1.88. The van der Waals surface area contributed by atoms with Gasteiger partial charge in [-0.3, -0.25) is 5.10 Å². The molecule has 3 rings (SSSR count). The third-order valence-electron chi connectivity index (χ3n) is 3.94. The molecule has 2 heterocycles. The fourth-order valence-electron chi connectivity index (χ4n) is 2.67. The summed E-state index contributed by atoms with van der Waals surface area (Å²) in [5.41, 5.74) is 2.64. The van der Waals surface area contributed by atoms with Crippen LogP contribution in [0.5, 0.6) is 0 Å². The number of anilines is 1. The van der Waals surface area contributed by atoms with Crippen LogP contribution >= 0.6 is 0 Å². The number of piperazine rings is 1. The van der Waals surface area contributed by atoms with Crippen LogP contribution in [0.2, 0.25) is 0 Å². The minimum absolute atomic E-state index is 0.494. The van der Waals surface area contributed by atoms with E-state index in [1.54, 1.807) is 0 Å². The van der Waals surface area contributed by atoms with E-state index in [1.165, 1.54) is 11.1 Å². The van der Waals surface area contributed by atoms with Gasteiger partial charge in [0.25, 0.3) is 0 Å². The normalized spacial score (nSPS) is 19.0. The number of rotatable bonds is 4. The van der Waals surface area contributed by atoms with E-state index in [9.17, 15) is 0 Å². The van der Waals surface area contributed by atoms with E-state index < -0.39 is 0 Å². The number of aromatic nitrogens is 3. The number of hydrogen-bond donors (Lipinski definition) is 2. The van der Waals surface area contributed by atoms with E-state index in [1.807, 2.05) is 0 Å². The molecule has 1 aliphatic rings. The second-order valence-electron chi connectivity index (χ2n) is 5.87. The van der Waals surface area contributed by atoms with Gasteiger partial charge in [0.2, 0.25) is 5.95 Å². The molecule has 1 aromatic carbocycles. The van der Waals surface area contributed by atoms with Crippen molar-refractivity contribution < 1.29 is 0 Å². The Morgan fingerprint density at radius 1 is 1.24 bits per heavy atom. The maximum atomic E-state index is 4.63. The molecule has 0 radical (unpaired) electrons. The SMILES string of the molecule is Cc1ccc(CCc2nc(N3CCN[C@@H](C)C3)n[nH]2)cc1. The quantitative estimate of drug-likeness (QED) is 0.897. The fourth-order valence-corrected chi connectivity index (χ4v) is 2.67. The third kappa shape index (κ3) is 3.61. The largest absolute Gasteiger partial charge is 0.337 e. The number of aromatic amines is 1. The van der Waals surface area contributed by atoms with Gasteiger partial charge in [-0.25, -0.2) is 0 Å². The summed E-state index contributed by atoms with van der Waals surface area (Å²) >= 11 is 0. The standard InChI is InChI=1S/C16H23N5/c1-12-3-5-14(6-4-12)7-8-15-18-16(20-19-15)21-10-9-17-13(2)11-21/h3-6,13,17H,7-11H2,1-2H3,(H,18,19,20)/t13-/m0/s1. The molecular formula is C16H23N5. The van der Waals surface area contributed by atoms with Gasteiger partial charge in [0.15, 0.2) is 0 Å². The Balaban J connectivity index is 1.58. The number of H-pyrrole nitrogens is 1. The summed E-state index contributed by atoms with van der Waals surface area (Å²) in [6, 6.07) is 9.18. The highest BCUT2D eigenvalue weighted by molar-refractivity contribution is 5.30. The summed E-state index contributed by atoms with van der Waals surface area (Å²) in [5, 5.41) is 10.9. The van der Waals surface area contributed by atoms with Crippen molar-refractivity contribution in [3.63, 3.8) is 0 Å². The number of benzene rings is 1. The van der Waals surface area contributed by atoms with Crippen molar-refractivity contribution in [3.8, 4) is 0 Å². The monoisotopic (exact) mass is 285 g/mol. The van der Waals surface area contributed by atoms with Crippen LogP contribution in [0, 0.1) is 6.92 Å². The lowest BCUT2D eigenvalue weighted by molar-refractivity contribution is 0.479. The summed E-state index contributed by atoms with van der Waals surface area (Å²) in [4.78, 5) is 6.88. The molecule has 1 saturated heterocycles. The van der Waals surface area contributed by atoms with Crippen LogP contribution in [0.4, 0.5) is 5.95 Å². The van der Waals surface area contributed by atoms with Crippen molar-refractivity contribution in [3.05, 3.63) is 41.2 Å². The summed E-state index contributed by atoms with van der Waals surface area (Å²) in [6.07, 6.45) is 1.89. The van der Waals surface area contributed by atoms with Gasteiger partial charge >= 0.3 is 0 Å². The maximum Gasteiger partial charge on any atom is 0.244 e.